The normalized spacial score (nSPS) is 11.3. The number of methoxy groups -OCH3 is 1. The molecule has 11 heteroatoms. The first-order chi connectivity index (χ1) is 16.7. The Morgan fingerprint density at radius 1 is 1.06 bits per heavy atom. The summed E-state index contributed by atoms with van der Waals surface area (Å²) in [6.07, 6.45) is -0.144. The Balaban J connectivity index is 1.43. The number of esters is 1. The van der Waals surface area contributed by atoms with Crippen LogP contribution in [0.25, 0.3) is 5.69 Å². The zero-order valence-corrected chi connectivity index (χ0v) is 21.2. The van der Waals surface area contributed by atoms with Crippen LogP contribution in [0, 0.1) is 6.92 Å². The van der Waals surface area contributed by atoms with E-state index in [9.17, 15) is 18.0 Å². The Kier molecular flexibility index (Phi) is 7.39. The van der Waals surface area contributed by atoms with Crippen LogP contribution in [0.15, 0.2) is 86.1 Å². The number of rotatable bonds is 8. The van der Waals surface area contributed by atoms with Crippen LogP contribution in [0.4, 0.5) is 0 Å². The fourth-order valence-electron chi connectivity index (χ4n) is 3.27. The van der Waals surface area contributed by atoms with Crippen molar-refractivity contribution in [2.24, 2.45) is 0 Å². The number of ether oxygens (including phenoxy) is 1. The molecule has 0 aliphatic rings. The van der Waals surface area contributed by atoms with Crippen LogP contribution in [0.3, 0.4) is 0 Å². The van der Waals surface area contributed by atoms with Crippen molar-refractivity contribution in [2.75, 3.05) is 7.11 Å². The van der Waals surface area contributed by atoms with Crippen LogP contribution in [-0.2, 0) is 26.0 Å². The van der Waals surface area contributed by atoms with Crippen LogP contribution >= 0.6 is 23.1 Å². The fraction of sp³-hybridized carbons (Fsp3) is 0.125. The molecule has 0 bridgehead atoms. The van der Waals surface area contributed by atoms with E-state index < -0.39 is 21.9 Å². The first-order valence-electron chi connectivity index (χ1n) is 10.4. The third-order valence-corrected chi connectivity index (χ3v) is 8.90. The summed E-state index contributed by atoms with van der Waals surface area (Å²) in [4.78, 5) is 25.0. The molecule has 4 aromatic rings. The first-order valence-corrected chi connectivity index (χ1v) is 13.5. The van der Waals surface area contributed by atoms with E-state index in [0.717, 1.165) is 31.8 Å². The highest BCUT2D eigenvalue weighted by atomic mass is 32.3. The number of nitrogens with zero attached hydrogens (tertiary/aromatic N) is 2. The van der Waals surface area contributed by atoms with E-state index in [1.54, 1.807) is 41.1 Å². The van der Waals surface area contributed by atoms with Crippen molar-refractivity contribution in [3.8, 4) is 5.69 Å². The Morgan fingerprint density at radius 2 is 1.77 bits per heavy atom. The Labute approximate surface area is 211 Å². The van der Waals surface area contributed by atoms with Gasteiger partial charge < -0.3 is 4.74 Å². The Hall–Kier alpha value is -3.41. The summed E-state index contributed by atoms with van der Waals surface area (Å²) < 4.78 is 34.8. The minimum atomic E-state index is -4.03. The second-order valence-electron chi connectivity index (χ2n) is 7.42. The van der Waals surface area contributed by atoms with Crippen molar-refractivity contribution in [1.29, 1.82) is 0 Å². The van der Waals surface area contributed by atoms with Crippen LogP contribution < -0.4 is 4.72 Å². The van der Waals surface area contributed by atoms with E-state index in [1.807, 2.05) is 37.3 Å². The van der Waals surface area contributed by atoms with Gasteiger partial charge in [-0.05, 0) is 61.5 Å². The molecule has 8 nitrogen and oxygen atoms in total. The summed E-state index contributed by atoms with van der Waals surface area (Å²) in [6.45, 7) is 1.81. The maximum atomic E-state index is 12.8. The highest BCUT2D eigenvalue weighted by Gasteiger charge is 2.22. The van der Waals surface area contributed by atoms with Crippen LogP contribution in [0.5, 0.6) is 0 Å². The van der Waals surface area contributed by atoms with E-state index in [2.05, 4.69) is 14.6 Å². The summed E-state index contributed by atoms with van der Waals surface area (Å²) in [5.74, 6) is -1.08. The zero-order chi connectivity index (χ0) is 25.0. The van der Waals surface area contributed by atoms with Gasteiger partial charge in [0.1, 0.15) is 4.21 Å². The highest BCUT2D eigenvalue weighted by molar-refractivity contribution is 8.01. The van der Waals surface area contributed by atoms with Crippen LogP contribution in [0.2, 0.25) is 0 Å². The number of hydrogen-bond acceptors (Lipinski definition) is 8. The molecule has 0 aliphatic carbocycles. The SMILES string of the molecule is COC(=O)c1ccc(Sc2ccc(S(=O)(=O)NC(=O)Cc3cc(C)nn3-c3ccccc3)s2)cc1. The minimum absolute atomic E-state index is 0.0345. The molecule has 1 amide bonds. The van der Waals surface area contributed by atoms with E-state index >= 15 is 0 Å². The molecule has 180 valence electrons. The molecule has 1 N–H and O–H groups in total. The van der Waals surface area contributed by atoms with Crippen molar-refractivity contribution >= 4 is 45.0 Å². The maximum absolute atomic E-state index is 12.8. The summed E-state index contributed by atoms with van der Waals surface area (Å²) in [5.41, 5.74) is 2.52. The van der Waals surface area contributed by atoms with Crippen LogP contribution in [0.1, 0.15) is 21.7 Å². The summed E-state index contributed by atoms with van der Waals surface area (Å²) >= 11 is 2.41. The van der Waals surface area contributed by atoms with Crippen molar-refractivity contribution < 1.29 is 22.7 Å². The highest BCUT2D eigenvalue weighted by Crippen LogP contribution is 2.35. The lowest BCUT2D eigenvalue weighted by Crippen LogP contribution is -2.31. The molecule has 2 aromatic carbocycles. The molecule has 4 rings (SSSR count). The largest absolute Gasteiger partial charge is 0.465 e. The number of carbonyl (C=O) groups excluding carboxylic acids is 2. The molecule has 0 fully saturated rings. The molecule has 0 radical (unpaired) electrons. The Bertz CT molecular complexity index is 1460. The van der Waals surface area contributed by atoms with Gasteiger partial charge in [-0.1, -0.05) is 30.0 Å². The number of nitrogens with one attached hydrogen (secondary N) is 1. The monoisotopic (exact) mass is 527 g/mol. The number of thiophene rings is 1. The smallest absolute Gasteiger partial charge is 0.337 e. The number of para-hydroxylation sites is 1. The molecular formula is C24H21N3O5S3. The number of hydrogen-bond donors (Lipinski definition) is 1. The van der Waals surface area contributed by atoms with Gasteiger partial charge in [0, 0.05) is 4.90 Å². The van der Waals surface area contributed by atoms with Gasteiger partial charge in [0.25, 0.3) is 10.0 Å². The molecule has 0 saturated carbocycles. The topological polar surface area (TPSA) is 107 Å². The number of aryl methyl sites for hydroxylation is 1. The average Bonchev–Trinajstić information content (AvgIpc) is 3.46. The molecule has 0 unspecified atom stereocenters. The second kappa shape index (κ2) is 10.5. The van der Waals surface area contributed by atoms with Crippen molar-refractivity contribution in [2.45, 2.75) is 26.7 Å². The van der Waals surface area contributed by atoms with Gasteiger partial charge in [-0.2, -0.15) is 5.10 Å². The lowest BCUT2D eigenvalue weighted by molar-refractivity contribution is -0.118. The van der Waals surface area contributed by atoms with E-state index in [-0.39, 0.29) is 10.6 Å². The number of benzene rings is 2. The van der Waals surface area contributed by atoms with Gasteiger partial charge >= 0.3 is 5.97 Å². The third-order valence-electron chi connectivity index (χ3n) is 4.81. The van der Waals surface area contributed by atoms with Crippen LogP contribution in [-0.4, -0.2) is 37.2 Å². The lowest BCUT2D eigenvalue weighted by Gasteiger charge is -2.08. The number of amides is 1. The Morgan fingerprint density at radius 3 is 2.46 bits per heavy atom. The number of sulfonamides is 1. The molecule has 35 heavy (non-hydrogen) atoms. The molecule has 0 saturated heterocycles. The van der Waals surface area contributed by atoms with E-state index in [4.69, 9.17) is 0 Å². The van der Waals surface area contributed by atoms with Gasteiger partial charge in [0.2, 0.25) is 5.91 Å². The molecule has 2 heterocycles. The number of aromatic nitrogens is 2. The summed E-state index contributed by atoms with van der Waals surface area (Å²) in [6, 6.07) is 21.0. The molecule has 0 aliphatic heterocycles. The van der Waals surface area contributed by atoms with Gasteiger partial charge in [0.15, 0.2) is 0 Å². The van der Waals surface area contributed by atoms with Gasteiger partial charge in [-0.3, -0.25) is 4.79 Å². The van der Waals surface area contributed by atoms with Crippen molar-refractivity contribution in [3.63, 3.8) is 0 Å². The van der Waals surface area contributed by atoms with E-state index in [0.29, 0.717) is 11.3 Å². The average molecular weight is 528 g/mol. The molecule has 2 aromatic heterocycles. The maximum Gasteiger partial charge on any atom is 0.337 e. The zero-order valence-electron chi connectivity index (χ0n) is 18.8. The molecular weight excluding hydrogens is 506 g/mol. The second-order valence-corrected chi connectivity index (χ2v) is 11.8. The first kappa shape index (κ1) is 24.7. The van der Waals surface area contributed by atoms with Gasteiger partial charge in [-0.25, -0.2) is 22.6 Å². The quantitative estimate of drug-likeness (QED) is 0.342. The number of carbonyl (C=O) groups is 2. The predicted molar refractivity (Wildman–Crippen MR) is 134 cm³/mol. The van der Waals surface area contributed by atoms with Crippen molar-refractivity contribution in [3.05, 3.63) is 89.7 Å². The third kappa shape index (κ3) is 5.99. The van der Waals surface area contributed by atoms with Gasteiger partial charge in [0.05, 0.1) is 40.4 Å². The summed E-state index contributed by atoms with van der Waals surface area (Å²) in [5, 5.41) is 4.41. The minimum Gasteiger partial charge on any atom is -0.465 e. The predicted octanol–water partition coefficient (Wildman–Crippen LogP) is 4.23. The lowest BCUT2D eigenvalue weighted by atomic mass is 10.2. The molecule has 0 spiro atoms. The van der Waals surface area contributed by atoms with E-state index in [1.165, 1.54) is 24.9 Å². The van der Waals surface area contributed by atoms with Gasteiger partial charge in [-0.15, -0.1) is 11.3 Å². The summed E-state index contributed by atoms with van der Waals surface area (Å²) in [7, 11) is -2.71. The van der Waals surface area contributed by atoms with Crippen molar-refractivity contribution in [1.82, 2.24) is 14.5 Å². The molecule has 0 atom stereocenters. The standard InChI is InChI=1S/C24H21N3O5S3/c1-16-14-19(27(25-16)18-6-4-3-5-7-18)15-21(28)26-35(30,31)23-13-12-22(34-23)33-20-10-8-17(9-11-20)24(29)32-2/h3-14H,15H2,1-2H3,(H,26,28). The fourth-order valence-corrected chi connectivity index (χ4v) is 6.81.